The van der Waals surface area contributed by atoms with Gasteiger partial charge in [-0.25, -0.2) is 0 Å². The summed E-state index contributed by atoms with van der Waals surface area (Å²) in [6.45, 7) is 2.76. The third kappa shape index (κ3) is 3.16. The van der Waals surface area contributed by atoms with Crippen LogP contribution < -0.4 is 5.32 Å². The second-order valence-electron chi connectivity index (χ2n) is 4.54. The van der Waals surface area contributed by atoms with E-state index >= 15 is 0 Å². The van der Waals surface area contributed by atoms with Crippen molar-refractivity contribution in [2.24, 2.45) is 0 Å². The van der Waals surface area contributed by atoms with E-state index in [1.54, 1.807) is 13.0 Å². The zero-order valence-corrected chi connectivity index (χ0v) is 10.4. The van der Waals surface area contributed by atoms with Gasteiger partial charge in [0.15, 0.2) is 5.82 Å². The molecule has 1 unspecified atom stereocenters. The van der Waals surface area contributed by atoms with Crippen molar-refractivity contribution in [3.8, 4) is 0 Å². The quantitative estimate of drug-likeness (QED) is 0.807. The molecule has 1 fully saturated rings. The van der Waals surface area contributed by atoms with Gasteiger partial charge in [0.05, 0.1) is 12.6 Å². The van der Waals surface area contributed by atoms with Crippen LogP contribution in [-0.2, 0) is 9.59 Å². The molecule has 0 bridgehead atoms. The van der Waals surface area contributed by atoms with Gasteiger partial charge in [-0.2, -0.15) is 0 Å². The zero-order valence-electron chi connectivity index (χ0n) is 10.4. The summed E-state index contributed by atoms with van der Waals surface area (Å²) in [5.41, 5.74) is 0. The van der Waals surface area contributed by atoms with Crippen LogP contribution in [0, 0.1) is 6.92 Å². The molecule has 6 heteroatoms. The predicted molar refractivity (Wildman–Crippen MR) is 65.1 cm³/mol. The smallest absolute Gasteiger partial charge is 0.239 e. The lowest BCUT2D eigenvalue weighted by molar-refractivity contribution is -0.120. The Hall–Kier alpha value is -1.69. The van der Waals surface area contributed by atoms with E-state index in [4.69, 9.17) is 4.52 Å². The number of nitrogens with one attached hydrogen (secondary N) is 1. The number of aromatic nitrogens is 1. The Bertz CT molecular complexity index is 430. The SMILES string of the molecule is Cc1cc(NC(=O)CN2CCCCC2C=O)no1. The van der Waals surface area contributed by atoms with E-state index in [2.05, 4.69) is 10.5 Å². The van der Waals surface area contributed by atoms with Crippen LogP contribution in [0.1, 0.15) is 25.0 Å². The number of aldehydes is 1. The van der Waals surface area contributed by atoms with Crippen LogP contribution in [-0.4, -0.2) is 41.4 Å². The Morgan fingerprint density at radius 3 is 3.17 bits per heavy atom. The Balaban J connectivity index is 1.88. The minimum absolute atomic E-state index is 0.136. The normalized spacial score (nSPS) is 20.6. The van der Waals surface area contributed by atoms with Crippen LogP contribution in [0.5, 0.6) is 0 Å². The van der Waals surface area contributed by atoms with Crippen molar-refractivity contribution in [1.82, 2.24) is 10.1 Å². The summed E-state index contributed by atoms with van der Waals surface area (Å²) in [7, 11) is 0. The number of hydrogen-bond donors (Lipinski definition) is 1. The molecule has 6 nitrogen and oxygen atoms in total. The molecule has 0 radical (unpaired) electrons. The number of likely N-dealkylation sites (tertiary alicyclic amines) is 1. The lowest BCUT2D eigenvalue weighted by atomic mass is 10.0. The molecule has 1 aliphatic rings. The van der Waals surface area contributed by atoms with Gasteiger partial charge in [0, 0.05) is 6.07 Å². The molecular weight excluding hydrogens is 234 g/mol. The number of amides is 1. The summed E-state index contributed by atoms with van der Waals surface area (Å²) in [5.74, 6) is 0.892. The molecule has 0 aliphatic carbocycles. The lowest BCUT2D eigenvalue weighted by Gasteiger charge is -2.31. The highest BCUT2D eigenvalue weighted by Crippen LogP contribution is 2.15. The second-order valence-corrected chi connectivity index (χ2v) is 4.54. The van der Waals surface area contributed by atoms with E-state index < -0.39 is 0 Å². The number of carbonyl (C=O) groups excluding carboxylic acids is 2. The molecule has 0 aromatic carbocycles. The lowest BCUT2D eigenvalue weighted by Crippen LogP contribution is -2.44. The van der Waals surface area contributed by atoms with Crippen LogP contribution in [0.15, 0.2) is 10.6 Å². The summed E-state index contributed by atoms with van der Waals surface area (Å²) in [5, 5.41) is 6.35. The summed E-state index contributed by atoms with van der Waals surface area (Å²) < 4.78 is 4.86. The number of piperidine rings is 1. The Morgan fingerprint density at radius 2 is 2.50 bits per heavy atom. The van der Waals surface area contributed by atoms with E-state index in [9.17, 15) is 9.59 Å². The topological polar surface area (TPSA) is 75.4 Å². The van der Waals surface area contributed by atoms with Gasteiger partial charge >= 0.3 is 0 Å². The summed E-state index contributed by atoms with van der Waals surface area (Å²) in [6, 6.07) is 1.52. The first kappa shape index (κ1) is 12.8. The fraction of sp³-hybridized carbons (Fsp3) is 0.583. The van der Waals surface area contributed by atoms with Crippen molar-refractivity contribution < 1.29 is 14.1 Å². The maximum absolute atomic E-state index is 11.8. The Morgan fingerprint density at radius 1 is 1.67 bits per heavy atom. The van der Waals surface area contributed by atoms with E-state index in [1.807, 2.05) is 4.90 Å². The number of hydrogen-bond acceptors (Lipinski definition) is 5. The van der Waals surface area contributed by atoms with Gasteiger partial charge in [-0.1, -0.05) is 11.6 Å². The highest BCUT2D eigenvalue weighted by atomic mass is 16.5. The molecule has 2 rings (SSSR count). The van der Waals surface area contributed by atoms with Crippen molar-refractivity contribution >= 4 is 18.0 Å². The summed E-state index contributed by atoms with van der Waals surface area (Å²) in [4.78, 5) is 24.6. The standard InChI is InChI=1S/C12H17N3O3/c1-9-6-11(14-18-9)13-12(17)7-15-5-3-2-4-10(15)8-16/h6,8,10H,2-5,7H2,1H3,(H,13,14,17). The van der Waals surface area contributed by atoms with E-state index in [0.29, 0.717) is 11.6 Å². The molecule has 18 heavy (non-hydrogen) atoms. The average Bonchev–Trinajstić information content (AvgIpc) is 2.75. The summed E-state index contributed by atoms with van der Waals surface area (Å²) >= 11 is 0. The molecule has 1 atom stereocenters. The van der Waals surface area contributed by atoms with Crippen LogP contribution in [0.4, 0.5) is 5.82 Å². The molecule has 1 N–H and O–H groups in total. The first-order chi connectivity index (χ1) is 8.69. The molecule has 1 amide bonds. The first-order valence-electron chi connectivity index (χ1n) is 6.11. The zero-order chi connectivity index (χ0) is 13.0. The monoisotopic (exact) mass is 251 g/mol. The number of carbonyl (C=O) groups is 2. The molecule has 0 spiro atoms. The van der Waals surface area contributed by atoms with Crippen LogP contribution >= 0.6 is 0 Å². The maximum atomic E-state index is 11.8. The van der Waals surface area contributed by atoms with Crippen LogP contribution in [0.3, 0.4) is 0 Å². The van der Waals surface area contributed by atoms with Gasteiger partial charge in [-0.15, -0.1) is 0 Å². The maximum Gasteiger partial charge on any atom is 0.239 e. The third-order valence-corrected chi connectivity index (χ3v) is 3.06. The number of rotatable bonds is 4. The van der Waals surface area contributed by atoms with Crippen molar-refractivity contribution in [3.63, 3.8) is 0 Å². The molecule has 1 aromatic rings. The highest BCUT2D eigenvalue weighted by Gasteiger charge is 2.23. The molecule has 2 heterocycles. The molecule has 0 saturated carbocycles. The third-order valence-electron chi connectivity index (χ3n) is 3.06. The minimum Gasteiger partial charge on any atom is -0.360 e. The molecule has 1 aliphatic heterocycles. The molecule has 1 saturated heterocycles. The average molecular weight is 251 g/mol. The van der Waals surface area contributed by atoms with Crippen molar-refractivity contribution in [1.29, 1.82) is 0 Å². The van der Waals surface area contributed by atoms with Crippen molar-refractivity contribution in [2.75, 3.05) is 18.4 Å². The predicted octanol–water partition coefficient (Wildman–Crippen LogP) is 0.975. The highest BCUT2D eigenvalue weighted by molar-refractivity contribution is 5.91. The molecule has 98 valence electrons. The van der Waals surface area contributed by atoms with Gasteiger partial charge in [-0.05, 0) is 26.3 Å². The second kappa shape index (κ2) is 5.77. The fourth-order valence-corrected chi connectivity index (χ4v) is 2.16. The van der Waals surface area contributed by atoms with Crippen molar-refractivity contribution in [3.05, 3.63) is 11.8 Å². The van der Waals surface area contributed by atoms with Gasteiger partial charge in [0.25, 0.3) is 0 Å². The van der Waals surface area contributed by atoms with Gasteiger partial charge < -0.3 is 14.6 Å². The van der Waals surface area contributed by atoms with Crippen LogP contribution in [0.2, 0.25) is 0 Å². The van der Waals surface area contributed by atoms with Gasteiger partial charge in [0.1, 0.15) is 12.0 Å². The first-order valence-corrected chi connectivity index (χ1v) is 6.11. The minimum atomic E-state index is -0.169. The fourth-order valence-electron chi connectivity index (χ4n) is 2.16. The summed E-state index contributed by atoms with van der Waals surface area (Å²) in [6.07, 6.45) is 3.83. The number of aryl methyl sites for hydroxylation is 1. The Kier molecular flexibility index (Phi) is 4.09. The van der Waals surface area contributed by atoms with E-state index in [-0.39, 0.29) is 18.5 Å². The van der Waals surface area contributed by atoms with Gasteiger partial charge in [0.2, 0.25) is 5.91 Å². The van der Waals surface area contributed by atoms with E-state index in [1.165, 1.54) is 0 Å². The van der Waals surface area contributed by atoms with Gasteiger partial charge in [-0.3, -0.25) is 9.69 Å². The molecular formula is C12H17N3O3. The Labute approximate surface area is 105 Å². The number of anilines is 1. The largest absolute Gasteiger partial charge is 0.360 e. The van der Waals surface area contributed by atoms with Crippen molar-refractivity contribution in [2.45, 2.75) is 32.2 Å². The van der Waals surface area contributed by atoms with Crippen LogP contribution in [0.25, 0.3) is 0 Å². The van der Waals surface area contributed by atoms with E-state index in [0.717, 1.165) is 32.1 Å². The number of nitrogens with zero attached hydrogens (tertiary/aromatic N) is 2. The molecule has 1 aromatic heterocycles.